The van der Waals surface area contributed by atoms with Gasteiger partial charge in [0.05, 0.1) is 7.11 Å². The van der Waals surface area contributed by atoms with Crippen LogP contribution in [0.3, 0.4) is 0 Å². The molecule has 17 heavy (non-hydrogen) atoms. The fourth-order valence-corrected chi connectivity index (χ4v) is 2.46. The number of hydrogen-bond donors (Lipinski definition) is 1. The largest absolute Gasteiger partial charge is 0.497 e. The molecule has 0 bridgehead atoms. The number of benzene rings is 1. The maximum atomic E-state index is 6.13. The average Bonchev–Trinajstić information content (AvgIpc) is 2.35. The molecule has 0 amide bonds. The van der Waals surface area contributed by atoms with E-state index in [0.29, 0.717) is 0 Å². The molecule has 96 valence electrons. The molecule has 0 heterocycles. The fraction of sp³-hybridized carbons (Fsp3) is 0.571. The fourth-order valence-electron chi connectivity index (χ4n) is 1.80. The summed E-state index contributed by atoms with van der Waals surface area (Å²) in [5, 5.41) is 0. The summed E-state index contributed by atoms with van der Waals surface area (Å²) in [6.45, 7) is 2.20. The average molecular weight is 253 g/mol. The van der Waals surface area contributed by atoms with Crippen molar-refractivity contribution >= 4 is 11.8 Å². The Morgan fingerprint density at radius 1 is 1.41 bits per heavy atom. The van der Waals surface area contributed by atoms with Crippen LogP contribution in [0.15, 0.2) is 24.3 Å². The van der Waals surface area contributed by atoms with Gasteiger partial charge in [-0.2, -0.15) is 11.8 Å². The summed E-state index contributed by atoms with van der Waals surface area (Å²) in [6, 6.07) is 8.43. The zero-order chi connectivity index (χ0) is 12.5. The smallest absolute Gasteiger partial charge is 0.119 e. The first kappa shape index (κ1) is 14.4. The molecule has 1 rings (SSSR count). The van der Waals surface area contributed by atoms with E-state index in [4.69, 9.17) is 10.5 Å². The maximum absolute atomic E-state index is 6.13. The zero-order valence-corrected chi connectivity index (χ0v) is 11.6. The molecule has 0 spiro atoms. The van der Waals surface area contributed by atoms with E-state index < -0.39 is 0 Å². The quantitative estimate of drug-likeness (QED) is 0.723. The first-order valence-electron chi connectivity index (χ1n) is 6.22. The molecule has 2 N–H and O–H groups in total. The van der Waals surface area contributed by atoms with Crippen molar-refractivity contribution < 1.29 is 4.74 Å². The van der Waals surface area contributed by atoms with Gasteiger partial charge in [0.15, 0.2) is 0 Å². The van der Waals surface area contributed by atoms with E-state index in [1.807, 2.05) is 23.9 Å². The standard InChI is InChI=1S/C14H23NOS/c1-3-17-9-5-7-13(15)10-12-6-4-8-14(11-12)16-2/h4,6,8,11,13H,3,5,7,9-10,15H2,1-2H3. The molecular weight excluding hydrogens is 230 g/mol. The second-order valence-electron chi connectivity index (χ2n) is 4.15. The summed E-state index contributed by atoms with van der Waals surface area (Å²) in [5.41, 5.74) is 7.39. The van der Waals surface area contributed by atoms with Gasteiger partial charge in [-0.3, -0.25) is 0 Å². The molecule has 0 aliphatic carbocycles. The summed E-state index contributed by atoms with van der Waals surface area (Å²) in [4.78, 5) is 0. The van der Waals surface area contributed by atoms with E-state index in [1.54, 1.807) is 7.11 Å². The van der Waals surface area contributed by atoms with Crippen LogP contribution in [0.25, 0.3) is 0 Å². The highest BCUT2D eigenvalue weighted by atomic mass is 32.2. The van der Waals surface area contributed by atoms with Crippen LogP contribution in [0.5, 0.6) is 5.75 Å². The molecule has 1 aromatic carbocycles. The third-order valence-electron chi connectivity index (χ3n) is 2.70. The van der Waals surface area contributed by atoms with E-state index in [9.17, 15) is 0 Å². The lowest BCUT2D eigenvalue weighted by Crippen LogP contribution is -2.22. The summed E-state index contributed by atoms with van der Waals surface area (Å²) in [5.74, 6) is 3.34. The Labute approximate surface area is 109 Å². The SMILES string of the molecule is CCSCCCC(N)Cc1cccc(OC)c1. The summed E-state index contributed by atoms with van der Waals surface area (Å²) in [6.07, 6.45) is 3.25. The Morgan fingerprint density at radius 2 is 2.24 bits per heavy atom. The second kappa shape index (κ2) is 8.43. The topological polar surface area (TPSA) is 35.2 Å². The van der Waals surface area contributed by atoms with Crippen molar-refractivity contribution in [1.29, 1.82) is 0 Å². The highest BCUT2D eigenvalue weighted by Gasteiger charge is 2.04. The van der Waals surface area contributed by atoms with Gasteiger partial charge in [0.2, 0.25) is 0 Å². The van der Waals surface area contributed by atoms with Gasteiger partial charge < -0.3 is 10.5 Å². The molecule has 2 nitrogen and oxygen atoms in total. The van der Waals surface area contributed by atoms with Gasteiger partial charge in [-0.05, 0) is 48.5 Å². The lowest BCUT2D eigenvalue weighted by atomic mass is 10.0. The van der Waals surface area contributed by atoms with E-state index in [-0.39, 0.29) is 6.04 Å². The second-order valence-corrected chi connectivity index (χ2v) is 5.55. The van der Waals surface area contributed by atoms with Crippen LogP contribution in [0.1, 0.15) is 25.3 Å². The van der Waals surface area contributed by atoms with Crippen LogP contribution in [0, 0.1) is 0 Å². The Morgan fingerprint density at radius 3 is 2.94 bits per heavy atom. The molecule has 0 aliphatic rings. The van der Waals surface area contributed by atoms with Crippen LogP contribution < -0.4 is 10.5 Å². The summed E-state index contributed by atoms with van der Waals surface area (Å²) in [7, 11) is 1.70. The van der Waals surface area contributed by atoms with Crippen molar-refractivity contribution in [1.82, 2.24) is 0 Å². The number of thioether (sulfide) groups is 1. The van der Waals surface area contributed by atoms with Gasteiger partial charge in [-0.15, -0.1) is 0 Å². The molecule has 3 heteroatoms. The Hall–Kier alpha value is -0.670. The van der Waals surface area contributed by atoms with Gasteiger partial charge in [0, 0.05) is 6.04 Å². The first-order valence-corrected chi connectivity index (χ1v) is 7.38. The summed E-state index contributed by atoms with van der Waals surface area (Å²) >= 11 is 1.99. The van der Waals surface area contributed by atoms with Gasteiger partial charge >= 0.3 is 0 Å². The van der Waals surface area contributed by atoms with Crippen molar-refractivity contribution in [2.24, 2.45) is 5.73 Å². The van der Waals surface area contributed by atoms with E-state index in [2.05, 4.69) is 19.1 Å². The van der Waals surface area contributed by atoms with Gasteiger partial charge in [0.25, 0.3) is 0 Å². The molecule has 0 aliphatic heterocycles. The van der Waals surface area contributed by atoms with E-state index in [1.165, 1.54) is 23.5 Å². The monoisotopic (exact) mass is 253 g/mol. The number of methoxy groups -OCH3 is 1. The van der Waals surface area contributed by atoms with Crippen molar-refractivity contribution in [3.8, 4) is 5.75 Å². The molecule has 0 aromatic heterocycles. The first-order chi connectivity index (χ1) is 8.26. The predicted molar refractivity (Wildman–Crippen MR) is 76.9 cm³/mol. The number of nitrogens with two attached hydrogens (primary N) is 1. The zero-order valence-electron chi connectivity index (χ0n) is 10.8. The number of rotatable bonds is 8. The minimum absolute atomic E-state index is 0.263. The minimum Gasteiger partial charge on any atom is -0.497 e. The Bertz CT molecular complexity index is 317. The molecule has 0 fully saturated rings. The van der Waals surface area contributed by atoms with Crippen LogP contribution in [0.4, 0.5) is 0 Å². The van der Waals surface area contributed by atoms with Crippen molar-refractivity contribution in [3.63, 3.8) is 0 Å². The molecule has 1 atom stereocenters. The van der Waals surface area contributed by atoms with Crippen LogP contribution in [-0.4, -0.2) is 24.7 Å². The molecule has 0 radical (unpaired) electrons. The van der Waals surface area contributed by atoms with Crippen LogP contribution in [0.2, 0.25) is 0 Å². The third kappa shape index (κ3) is 5.99. The highest BCUT2D eigenvalue weighted by molar-refractivity contribution is 7.99. The van der Waals surface area contributed by atoms with Crippen molar-refractivity contribution in [2.75, 3.05) is 18.6 Å². The van der Waals surface area contributed by atoms with E-state index >= 15 is 0 Å². The molecule has 0 saturated carbocycles. The molecular formula is C14H23NOS. The lowest BCUT2D eigenvalue weighted by Gasteiger charge is -2.12. The third-order valence-corrected chi connectivity index (χ3v) is 3.69. The Kier molecular flexibility index (Phi) is 7.13. The maximum Gasteiger partial charge on any atom is 0.119 e. The Balaban J connectivity index is 2.31. The molecule has 1 aromatic rings. The van der Waals surface area contributed by atoms with Gasteiger partial charge in [-0.1, -0.05) is 19.1 Å². The van der Waals surface area contributed by atoms with Gasteiger partial charge in [-0.25, -0.2) is 0 Å². The number of hydrogen-bond acceptors (Lipinski definition) is 3. The number of ether oxygens (including phenoxy) is 1. The van der Waals surface area contributed by atoms with E-state index in [0.717, 1.165) is 18.6 Å². The highest BCUT2D eigenvalue weighted by Crippen LogP contribution is 2.15. The van der Waals surface area contributed by atoms with Gasteiger partial charge in [0.1, 0.15) is 5.75 Å². The van der Waals surface area contributed by atoms with Crippen LogP contribution in [-0.2, 0) is 6.42 Å². The summed E-state index contributed by atoms with van der Waals surface area (Å²) < 4.78 is 5.21. The van der Waals surface area contributed by atoms with Crippen molar-refractivity contribution in [3.05, 3.63) is 29.8 Å². The lowest BCUT2D eigenvalue weighted by molar-refractivity contribution is 0.414. The van der Waals surface area contributed by atoms with Crippen LogP contribution >= 0.6 is 11.8 Å². The van der Waals surface area contributed by atoms with Crippen molar-refractivity contribution in [2.45, 2.75) is 32.2 Å². The minimum atomic E-state index is 0.263. The predicted octanol–water partition coefficient (Wildman–Crippen LogP) is 3.10. The molecule has 0 saturated heterocycles. The molecule has 1 unspecified atom stereocenters. The normalized spacial score (nSPS) is 12.4.